The Kier molecular flexibility index (Phi) is 5.34. The summed E-state index contributed by atoms with van der Waals surface area (Å²) in [5.41, 5.74) is 1.25. The van der Waals surface area contributed by atoms with E-state index in [-0.39, 0.29) is 17.7 Å². The number of halogens is 1. The summed E-state index contributed by atoms with van der Waals surface area (Å²) in [7, 11) is 0. The van der Waals surface area contributed by atoms with Crippen LogP contribution in [0.5, 0.6) is 0 Å². The second-order valence-electron chi connectivity index (χ2n) is 7.00. The predicted molar refractivity (Wildman–Crippen MR) is 104 cm³/mol. The smallest absolute Gasteiger partial charge is 0.240 e. The third-order valence-corrected chi connectivity index (χ3v) is 5.44. The van der Waals surface area contributed by atoms with E-state index >= 15 is 0 Å². The maximum atomic E-state index is 12.3. The van der Waals surface area contributed by atoms with Crippen LogP contribution in [0.2, 0.25) is 5.02 Å². The van der Waals surface area contributed by atoms with Gasteiger partial charge in [0, 0.05) is 42.2 Å². The minimum absolute atomic E-state index is 0.0164. The van der Waals surface area contributed by atoms with Crippen molar-refractivity contribution in [2.75, 3.05) is 6.54 Å². The van der Waals surface area contributed by atoms with Crippen molar-refractivity contribution in [3.8, 4) is 11.6 Å². The van der Waals surface area contributed by atoms with Crippen molar-refractivity contribution in [3.05, 3.63) is 59.2 Å². The van der Waals surface area contributed by atoms with Gasteiger partial charge < -0.3 is 9.84 Å². The molecule has 3 aromatic rings. The van der Waals surface area contributed by atoms with Gasteiger partial charge >= 0.3 is 0 Å². The molecule has 7 nitrogen and oxygen atoms in total. The van der Waals surface area contributed by atoms with Crippen molar-refractivity contribution in [2.24, 2.45) is 0 Å². The first-order valence-electron chi connectivity index (χ1n) is 9.27. The lowest BCUT2D eigenvalue weighted by Gasteiger charge is -2.42. The Balaban J connectivity index is 1.30. The normalized spacial score (nSPS) is 15.0. The van der Waals surface area contributed by atoms with Gasteiger partial charge in [0.05, 0.1) is 0 Å². The molecule has 0 saturated heterocycles. The molecular weight excluding hydrogens is 378 g/mol. The van der Waals surface area contributed by atoms with E-state index < -0.39 is 0 Å². The van der Waals surface area contributed by atoms with Crippen molar-refractivity contribution in [1.82, 2.24) is 25.4 Å². The quantitative estimate of drug-likeness (QED) is 0.657. The van der Waals surface area contributed by atoms with Crippen LogP contribution in [-0.2, 0) is 16.6 Å². The largest absolute Gasteiger partial charge is 0.355 e. The van der Waals surface area contributed by atoms with Crippen LogP contribution in [0.1, 0.15) is 37.1 Å². The number of carbonyl (C=O) groups excluding carboxylic acids is 1. The molecule has 0 aliphatic heterocycles. The van der Waals surface area contributed by atoms with Crippen LogP contribution in [0.25, 0.3) is 11.6 Å². The maximum absolute atomic E-state index is 12.3. The number of nitrogens with zero attached hydrogens (tertiary/aromatic N) is 4. The summed E-state index contributed by atoms with van der Waals surface area (Å²) in [6.07, 6.45) is 7.20. The molecule has 28 heavy (non-hydrogen) atoms. The highest BCUT2D eigenvalue weighted by molar-refractivity contribution is 6.30. The predicted octanol–water partition coefficient (Wildman–Crippen LogP) is 3.35. The molecular formula is C20H20ClN5O2. The molecule has 0 bridgehead atoms. The summed E-state index contributed by atoms with van der Waals surface area (Å²) in [6.45, 7) is 0.625. The highest BCUT2D eigenvalue weighted by Gasteiger charge is 2.38. The lowest BCUT2D eigenvalue weighted by molar-refractivity contribution is -0.121. The van der Waals surface area contributed by atoms with E-state index in [4.69, 9.17) is 16.1 Å². The first-order valence-corrected chi connectivity index (χ1v) is 9.65. The SMILES string of the molecule is O=C(CCc1nc(-c2ncccn2)no1)NCC1(c2ccc(Cl)cc2)CCC1. The van der Waals surface area contributed by atoms with E-state index in [9.17, 15) is 4.79 Å². The van der Waals surface area contributed by atoms with E-state index in [1.54, 1.807) is 18.5 Å². The molecule has 8 heteroatoms. The molecule has 0 radical (unpaired) electrons. The topological polar surface area (TPSA) is 93.8 Å². The van der Waals surface area contributed by atoms with Crippen LogP contribution in [0, 0.1) is 0 Å². The lowest BCUT2D eigenvalue weighted by atomic mass is 9.64. The molecule has 1 amide bonds. The molecule has 1 aliphatic carbocycles. The van der Waals surface area contributed by atoms with Crippen molar-refractivity contribution in [2.45, 2.75) is 37.5 Å². The molecule has 2 heterocycles. The minimum atomic E-state index is -0.0315. The zero-order valence-electron chi connectivity index (χ0n) is 15.3. The Morgan fingerprint density at radius 1 is 1.14 bits per heavy atom. The molecule has 1 saturated carbocycles. The third kappa shape index (κ3) is 4.04. The monoisotopic (exact) mass is 397 g/mol. The average Bonchev–Trinajstić information content (AvgIpc) is 3.17. The first kappa shape index (κ1) is 18.6. The zero-order valence-corrected chi connectivity index (χ0v) is 16.0. The molecule has 4 rings (SSSR count). The highest BCUT2D eigenvalue weighted by Crippen LogP contribution is 2.43. The molecule has 1 aliphatic rings. The Bertz CT molecular complexity index is 939. The van der Waals surface area contributed by atoms with Gasteiger partial charge in [-0.15, -0.1) is 0 Å². The van der Waals surface area contributed by atoms with Crippen LogP contribution in [0.15, 0.2) is 47.2 Å². The van der Waals surface area contributed by atoms with Crippen molar-refractivity contribution in [3.63, 3.8) is 0 Å². The van der Waals surface area contributed by atoms with Gasteiger partial charge in [-0.1, -0.05) is 35.3 Å². The minimum Gasteiger partial charge on any atom is -0.355 e. The number of aromatic nitrogens is 4. The third-order valence-electron chi connectivity index (χ3n) is 5.19. The second kappa shape index (κ2) is 8.06. The lowest BCUT2D eigenvalue weighted by Crippen LogP contribution is -2.45. The van der Waals surface area contributed by atoms with Crippen molar-refractivity contribution < 1.29 is 9.32 Å². The Morgan fingerprint density at radius 2 is 1.89 bits per heavy atom. The summed E-state index contributed by atoms with van der Waals surface area (Å²) in [6, 6.07) is 9.64. The Labute approximate surface area is 167 Å². The van der Waals surface area contributed by atoms with Gasteiger partial charge in [0.25, 0.3) is 0 Å². The molecule has 0 unspecified atom stereocenters. The number of hydrogen-bond donors (Lipinski definition) is 1. The van der Waals surface area contributed by atoms with Gasteiger partial charge in [0.15, 0.2) is 0 Å². The molecule has 0 spiro atoms. The number of amides is 1. The first-order chi connectivity index (χ1) is 13.6. The van der Waals surface area contributed by atoms with Gasteiger partial charge in [-0.25, -0.2) is 9.97 Å². The molecule has 2 aromatic heterocycles. The fourth-order valence-electron chi connectivity index (χ4n) is 3.41. The summed E-state index contributed by atoms with van der Waals surface area (Å²) in [5.74, 6) is 1.09. The Morgan fingerprint density at radius 3 is 2.57 bits per heavy atom. The summed E-state index contributed by atoms with van der Waals surface area (Å²) in [5, 5.41) is 7.65. The number of carbonyl (C=O) groups is 1. The summed E-state index contributed by atoms with van der Waals surface area (Å²) >= 11 is 5.99. The number of nitrogens with one attached hydrogen (secondary N) is 1. The number of benzene rings is 1. The van der Waals surface area contributed by atoms with Crippen LogP contribution in [-0.4, -0.2) is 32.6 Å². The van der Waals surface area contributed by atoms with E-state index in [0.717, 1.165) is 17.9 Å². The van der Waals surface area contributed by atoms with E-state index in [0.29, 0.717) is 30.5 Å². The highest BCUT2D eigenvalue weighted by atomic mass is 35.5. The average molecular weight is 398 g/mol. The summed E-state index contributed by atoms with van der Waals surface area (Å²) in [4.78, 5) is 24.7. The summed E-state index contributed by atoms with van der Waals surface area (Å²) < 4.78 is 5.19. The number of hydrogen-bond acceptors (Lipinski definition) is 6. The van der Waals surface area contributed by atoms with Crippen molar-refractivity contribution in [1.29, 1.82) is 0 Å². The second-order valence-corrected chi connectivity index (χ2v) is 7.44. The Hall–Kier alpha value is -2.80. The van der Waals surface area contributed by atoms with Crippen LogP contribution in [0.4, 0.5) is 0 Å². The van der Waals surface area contributed by atoms with E-state index in [1.807, 2.05) is 12.1 Å². The fourth-order valence-corrected chi connectivity index (χ4v) is 3.54. The fraction of sp³-hybridized carbons (Fsp3) is 0.350. The maximum Gasteiger partial charge on any atom is 0.240 e. The molecule has 1 fully saturated rings. The molecule has 0 atom stereocenters. The van der Waals surface area contributed by atoms with Gasteiger partial charge in [-0.3, -0.25) is 4.79 Å². The number of aryl methyl sites for hydroxylation is 1. The molecule has 1 N–H and O–H groups in total. The van der Waals surface area contributed by atoms with Gasteiger partial charge in [-0.2, -0.15) is 4.98 Å². The van der Waals surface area contributed by atoms with Gasteiger partial charge in [0.2, 0.25) is 23.4 Å². The van der Waals surface area contributed by atoms with Gasteiger partial charge in [-0.05, 0) is 36.6 Å². The van der Waals surface area contributed by atoms with Crippen molar-refractivity contribution >= 4 is 17.5 Å². The molecule has 1 aromatic carbocycles. The standard InChI is InChI=1S/C20H20ClN5O2/c21-15-5-3-14(4-6-15)20(9-1-10-20)13-24-16(27)7-8-17-25-19(26-28-17)18-22-11-2-12-23-18/h2-6,11-12H,1,7-10,13H2,(H,24,27). The zero-order chi connectivity index (χ0) is 19.4. The van der Waals surface area contributed by atoms with E-state index in [2.05, 4.69) is 37.6 Å². The van der Waals surface area contributed by atoms with Gasteiger partial charge in [0.1, 0.15) is 0 Å². The van der Waals surface area contributed by atoms with Crippen LogP contribution in [0.3, 0.4) is 0 Å². The van der Waals surface area contributed by atoms with Crippen LogP contribution >= 0.6 is 11.6 Å². The number of rotatable bonds is 7. The van der Waals surface area contributed by atoms with E-state index in [1.165, 1.54) is 12.0 Å². The van der Waals surface area contributed by atoms with Crippen LogP contribution < -0.4 is 5.32 Å². The molecule has 144 valence electrons.